The first-order valence-corrected chi connectivity index (χ1v) is 8.67. The van der Waals surface area contributed by atoms with Crippen LogP contribution in [0.15, 0.2) is 12.1 Å². The summed E-state index contributed by atoms with van der Waals surface area (Å²) in [4.78, 5) is 15.1. The van der Waals surface area contributed by atoms with Gasteiger partial charge in [-0.3, -0.25) is 4.79 Å². The Hall–Kier alpha value is -1.39. The Morgan fingerprint density at radius 2 is 1.96 bits per heavy atom. The number of hydrogen-bond donors (Lipinski definition) is 1. The maximum Gasteiger partial charge on any atom is 0.167 e. The topological polar surface area (TPSA) is 41.6 Å². The number of ketones is 1. The highest BCUT2D eigenvalue weighted by Gasteiger charge is 2.18. The van der Waals surface area contributed by atoms with Crippen molar-refractivity contribution in [3.8, 4) is 5.75 Å². The van der Waals surface area contributed by atoms with E-state index in [1.807, 2.05) is 19.9 Å². The number of nitrogens with one attached hydrogen (secondary N) is 1. The standard InChI is InChI=1S/C19H30N2O2/c1-14(2)13-23-19-16(4)11-15(3)12-17(19)18(22)5-8-21-9-6-20-7-10-21/h11-12,14,20H,5-10,13H2,1-4H3. The average molecular weight is 318 g/mol. The zero-order valence-electron chi connectivity index (χ0n) is 14.9. The molecule has 4 heteroatoms. The molecule has 0 atom stereocenters. The SMILES string of the molecule is Cc1cc(C)c(OCC(C)C)c(C(=O)CCN2CCNCC2)c1. The second kappa shape index (κ2) is 8.46. The molecule has 0 spiro atoms. The summed E-state index contributed by atoms with van der Waals surface area (Å²) in [6.45, 7) is 13.8. The number of Topliss-reactive ketones (excluding diaryl/α,β-unsaturated/α-hetero) is 1. The van der Waals surface area contributed by atoms with Gasteiger partial charge in [-0.1, -0.05) is 19.9 Å². The van der Waals surface area contributed by atoms with E-state index < -0.39 is 0 Å². The highest BCUT2D eigenvalue weighted by Crippen LogP contribution is 2.27. The number of carbonyl (C=O) groups excluding carboxylic acids is 1. The van der Waals surface area contributed by atoms with Gasteiger partial charge in [0.25, 0.3) is 0 Å². The Morgan fingerprint density at radius 1 is 1.26 bits per heavy atom. The molecule has 0 amide bonds. The van der Waals surface area contributed by atoms with E-state index in [4.69, 9.17) is 4.74 Å². The van der Waals surface area contributed by atoms with Crippen molar-refractivity contribution >= 4 is 5.78 Å². The van der Waals surface area contributed by atoms with Crippen molar-refractivity contribution in [1.82, 2.24) is 10.2 Å². The van der Waals surface area contributed by atoms with Gasteiger partial charge in [0, 0.05) is 39.1 Å². The quantitative estimate of drug-likeness (QED) is 0.785. The van der Waals surface area contributed by atoms with Gasteiger partial charge < -0.3 is 15.0 Å². The summed E-state index contributed by atoms with van der Waals surface area (Å²) in [6.07, 6.45) is 0.556. The molecule has 4 nitrogen and oxygen atoms in total. The van der Waals surface area contributed by atoms with Gasteiger partial charge in [0.05, 0.1) is 12.2 Å². The summed E-state index contributed by atoms with van der Waals surface area (Å²) < 4.78 is 5.95. The first-order valence-electron chi connectivity index (χ1n) is 8.67. The van der Waals surface area contributed by atoms with Crippen LogP contribution in [0.1, 0.15) is 41.8 Å². The van der Waals surface area contributed by atoms with Crippen LogP contribution in [0.2, 0.25) is 0 Å². The summed E-state index contributed by atoms with van der Waals surface area (Å²) in [5.74, 6) is 1.41. The van der Waals surface area contributed by atoms with Gasteiger partial charge in [0.1, 0.15) is 5.75 Å². The Balaban J connectivity index is 2.07. The number of rotatable bonds is 7. The van der Waals surface area contributed by atoms with Crippen molar-refractivity contribution in [3.05, 3.63) is 28.8 Å². The smallest absolute Gasteiger partial charge is 0.167 e. The molecule has 1 N–H and O–H groups in total. The van der Waals surface area contributed by atoms with Crippen LogP contribution in [0.25, 0.3) is 0 Å². The van der Waals surface area contributed by atoms with Gasteiger partial charge in [0.15, 0.2) is 5.78 Å². The first kappa shape index (κ1) is 18.0. The van der Waals surface area contributed by atoms with Gasteiger partial charge in [-0.15, -0.1) is 0 Å². The molecule has 0 unspecified atom stereocenters. The van der Waals surface area contributed by atoms with E-state index in [2.05, 4.69) is 30.1 Å². The van der Waals surface area contributed by atoms with Crippen LogP contribution in [0.5, 0.6) is 5.75 Å². The largest absolute Gasteiger partial charge is 0.492 e. The molecule has 1 aliphatic heterocycles. The van der Waals surface area contributed by atoms with Crippen LogP contribution in [0, 0.1) is 19.8 Å². The van der Waals surface area contributed by atoms with Crippen molar-refractivity contribution in [2.75, 3.05) is 39.3 Å². The molecule has 2 rings (SSSR count). The van der Waals surface area contributed by atoms with Crippen LogP contribution >= 0.6 is 0 Å². The van der Waals surface area contributed by atoms with Crippen molar-refractivity contribution in [3.63, 3.8) is 0 Å². The molecule has 0 bridgehead atoms. The van der Waals surface area contributed by atoms with E-state index in [-0.39, 0.29) is 5.78 Å². The minimum Gasteiger partial charge on any atom is -0.492 e. The molecule has 128 valence electrons. The van der Waals surface area contributed by atoms with Crippen LogP contribution in [0.4, 0.5) is 0 Å². The van der Waals surface area contributed by atoms with E-state index in [9.17, 15) is 4.79 Å². The van der Waals surface area contributed by atoms with Crippen molar-refractivity contribution < 1.29 is 9.53 Å². The van der Waals surface area contributed by atoms with Crippen molar-refractivity contribution in [1.29, 1.82) is 0 Å². The lowest BCUT2D eigenvalue weighted by molar-refractivity contribution is 0.0955. The highest BCUT2D eigenvalue weighted by atomic mass is 16.5. The predicted octanol–water partition coefficient (Wildman–Crippen LogP) is 2.82. The van der Waals surface area contributed by atoms with Gasteiger partial charge in [0.2, 0.25) is 0 Å². The van der Waals surface area contributed by atoms with Crippen LogP contribution in [-0.2, 0) is 0 Å². The van der Waals surface area contributed by atoms with Crippen LogP contribution < -0.4 is 10.1 Å². The van der Waals surface area contributed by atoms with E-state index in [0.29, 0.717) is 18.9 Å². The maximum atomic E-state index is 12.7. The van der Waals surface area contributed by atoms with Crippen LogP contribution in [-0.4, -0.2) is 50.0 Å². The summed E-state index contributed by atoms with van der Waals surface area (Å²) in [6, 6.07) is 4.06. The zero-order chi connectivity index (χ0) is 16.8. The molecule has 0 radical (unpaired) electrons. The van der Waals surface area contributed by atoms with E-state index >= 15 is 0 Å². The van der Waals surface area contributed by atoms with E-state index in [0.717, 1.165) is 55.2 Å². The molecule has 1 saturated heterocycles. The minimum absolute atomic E-state index is 0.189. The number of ether oxygens (including phenoxy) is 1. The fourth-order valence-corrected chi connectivity index (χ4v) is 2.93. The number of piperazine rings is 1. The third-order valence-electron chi connectivity index (χ3n) is 4.15. The summed E-state index contributed by atoms with van der Waals surface area (Å²) in [5.41, 5.74) is 2.92. The summed E-state index contributed by atoms with van der Waals surface area (Å²) in [7, 11) is 0. The molecule has 1 aromatic carbocycles. The summed E-state index contributed by atoms with van der Waals surface area (Å²) >= 11 is 0. The Bertz CT molecular complexity index is 534. The van der Waals surface area contributed by atoms with Gasteiger partial charge in [-0.05, 0) is 37.0 Å². The Labute approximate surface area is 140 Å². The molecule has 1 aliphatic rings. The number of aryl methyl sites for hydroxylation is 2. The normalized spacial score (nSPS) is 15.9. The molecule has 1 fully saturated rings. The van der Waals surface area contributed by atoms with Crippen molar-refractivity contribution in [2.45, 2.75) is 34.1 Å². The fraction of sp³-hybridized carbons (Fsp3) is 0.632. The molecule has 1 heterocycles. The second-order valence-electron chi connectivity index (χ2n) is 6.93. The molecule has 0 aliphatic carbocycles. The average Bonchev–Trinajstić information content (AvgIpc) is 2.52. The van der Waals surface area contributed by atoms with Gasteiger partial charge in [-0.25, -0.2) is 0 Å². The van der Waals surface area contributed by atoms with Gasteiger partial charge in [-0.2, -0.15) is 0 Å². The van der Waals surface area contributed by atoms with Gasteiger partial charge >= 0.3 is 0 Å². The monoisotopic (exact) mass is 318 g/mol. The van der Waals surface area contributed by atoms with E-state index in [1.54, 1.807) is 0 Å². The molecular weight excluding hydrogens is 288 g/mol. The lowest BCUT2D eigenvalue weighted by Crippen LogP contribution is -2.44. The second-order valence-corrected chi connectivity index (χ2v) is 6.93. The molecule has 23 heavy (non-hydrogen) atoms. The number of hydrogen-bond acceptors (Lipinski definition) is 4. The molecule has 1 aromatic rings. The first-order chi connectivity index (χ1) is 11.0. The third kappa shape index (κ3) is 5.33. The number of nitrogens with zero attached hydrogens (tertiary/aromatic N) is 1. The molecule has 0 saturated carbocycles. The fourth-order valence-electron chi connectivity index (χ4n) is 2.93. The maximum absolute atomic E-state index is 12.7. The zero-order valence-corrected chi connectivity index (χ0v) is 14.9. The lowest BCUT2D eigenvalue weighted by atomic mass is 10.0. The predicted molar refractivity (Wildman–Crippen MR) is 94.5 cm³/mol. The van der Waals surface area contributed by atoms with Crippen molar-refractivity contribution in [2.24, 2.45) is 5.92 Å². The third-order valence-corrected chi connectivity index (χ3v) is 4.15. The molecular formula is C19H30N2O2. The molecule has 0 aromatic heterocycles. The van der Waals surface area contributed by atoms with E-state index in [1.165, 1.54) is 0 Å². The minimum atomic E-state index is 0.189. The lowest BCUT2D eigenvalue weighted by Gasteiger charge is -2.27. The summed E-state index contributed by atoms with van der Waals surface area (Å²) in [5, 5.41) is 3.34. The number of benzene rings is 1. The van der Waals surface area contributed by atoms with Crippen LogP contribution in [0.3, 0.4) is 0 Å². The highest BCUT2D eigenvalue weighted by molar-refractivity contribution is 5.99. The Morgan fingerprint density at radius 3 is 2.61 bits per heavy atom. The number of carbonyl (C=O) groups is 1. The Kier molecular flexibility index (Phi) is 6.60.